The van der Waals surface area contributed by atoms with Gasteiger partial charge in [-0.05, 0) is 87.2 Å². The quantitative estimate of drug-likeness (QED) is 0.215. The third-order valence-corrected chi connectivity index (χ3v) is 8.28. The summed E-state index contributed by atoms with van der Waals surface area (Å²) in [5.74, 6) is -2.62. The number of hydrogen-bond acceptors (Lipinski definition) is 2. The van der Waals surface area contributed by atoms with Crippen LogP contribution in [0, 0.1) is 29.2 Å². The highest BCUT2D eigenvalue weighted by molar-refractivity contribution is 5.32. The fourth-order valence-electron chi connectivity index (χ4n) is 6.05. The standard InChI is InChI=1S/C30H34F4O2/c1-2-3-18-4-6-19(7-5-18)23-13-10-21(27(31)28(23)32)16-35-22-11-8-20(9-12-22)24-14-15-25(26-17-36-26)30(34)29(24)33/h2-3,10,13-15,18-20,22,26H,4-9,11-12,16-17H2,1H3/b3-2+. The lowest BCUT2D eigenvalue weighted by atomic mass is 9.78. The predicted molar refractivity (Wildman–Crippen MR) is 131 cm³/mol. The maximum absolute atomic E-state index is 14.9. The zero-order valence-corrected chi connectivity index (χ0v) is 20.8. The lowest BCUT2D eigenvalue weighted by molar-refractivity contribution is 0.0116. The van der Waals surface area contributed by atoms with Crippen molar-refractivity contribution in [2.24, 2.45) is 5.92 Å². The van der Waals surface area contributed by atoms with Crippen molar-refractivity contribution in [1.29, 1.82) is 0 Å². The van der Waals surface area contributed by atoms with Crippen LogP contribution in [-0.4, -0.2) is 12.7 Å². The Morgan fingerprint density at radius 3 is 1.89 bits per heavy atom. The molecule has 194 valence electrons. The summed E-state index contributed by atoms with van der Waals surface area (Å²) in [5, 5.41) is 0. The molecule has 6 heteroatoms. The largest absolute Gasteiger partial charge is 0.373 e. The topological polar surface area (TPSA) is 21.8 Å². The van der Waals surface area contributed by atoms with Gasteiger partial charge in [0.05, 0.1) is 19.3 Å². The average Bonchev–Trinajstić information content (AvgIpc) is 3.73. The first-order valence-corrected chi connectivity index (χ1v) is 13.3. The lowest BCUT2D eigenvalue weighted by Gasteiger charge is -2.29. The minimum Gasteiger partial charge on any atom is -0.373 e. The molecule has 3 fully saturated rings. The second-order valence-corrected chi connectivity index (χ2v) is 10.6. The number of halogens is 4. The van der Waals surface area contributed by atoms with Crippen molar-refractivity contribution in [3.63, 3.8) is 0 Å². The maximum Gasteiger partial charge on any atom is 0.165 e. The van der Waals surface area contributed by atoms with Crippen molar-refractivity contribution in [3.8, 4) is 0 Å². The van der Waals surface area contributed by atoms with Gasteiger partial charge in [-0.15, -0.1) is 0 Å². The second kappa shape index (κ2) is 11.1. The van der Waals surface area contributed by atoms with Gasteiger partial charge in [-0.2, -0.15) is 0 Å². The molecule has 2 aromatic rings. The van der Waals surface area contributed by atoms with Crippen molar-refractivity contribution < 1.29 is 27.0 Å². The summed E-state index contributed by atoms with van der Waals surface area (Å²) in [5.41, 5.74) is 1.39. The molecule has 2 nitrogen and oxygen atoms in total. The molecule has 3 aliphatic rings. The van der Waals surface area contributed by atoms with Crippen LogP contribution in [0.3, 0.4) is 0 Å². The van der Waals surface area contributed by atoms with Crippen LogP contribution in [0.4, 0.5) is 17.6 Å². The first-order chi connectivity index (χ1) is 17.5. The predicted octanol–water partition coefficient (Wildman–Crippen LogP) is 8.41. The minimum absolute atomic E-state index is 0.00543. The molecule has 0 N–H and O–H groups in total. The molecule has 2 saturated carbocycles. The fourth-order valence-corrected chi connectivity index (χ4v) is 6.05. The Labute approximate surface area is 210 Å². The van der Waals surface area contributed by atoms with Crippen LogP contribution in [0.2, 0.25) is 0 Å². The number of benzene rings is 2. The first-order valence-electron chi connectivity index (χ1n) is 13.3. The molecule has 0 bridgehead atoms. The summed E-state index contributed by atoms with van der Waals surface area (Å²) in [6.07, 6.45) is 10.2. The van der Waals surface area contributed by atoms with Crippen LogP contribution in [0.1, 0.15) is 98.5 Å². The summed E-state index contributed by atoms with van der Waals surface area (Å²) < 4.78 is 69.9. The van der Waals surface area contributed by atoms with Gasteiger partial charge < -0.3 is 9.47 Å². The first kappa shape index (κ1) is 25.5. The van der Waals surface area contributed by atoms with Crippen LogP contribution in [0.25, 0.3) is 0 Å². The van der Waals surface area contributed by atoms with E-state index in [0.717, 1.165) is 25.7 Å². The van der Waals surface area contributed by atoms with Crippen LogP contribution in [0.5, 0.6) is 0 Å². The molecule has 1 heterocycles. The SMILES string of the molecule is C/C=C/C1CCC(c2ccc(COC3CCC(c4ccc(C5CO5)c(F)c4F)CC3)c(F)c2F)CC1. The van der Waals surface area contributed by atoms with E-state index in [2.05, 4.69) is 12.2 Å². The average molecular weight is 503 g/mol. The molecule has 0 radical (unpaired) electrons. The number of epoxide rings is 1. The third kappa shape index (κ3) is 5.40. The molecule has 1 atom stereocenters. The molecule has 0 amide bonds. The van der Waals surface area contributed by atoms with Gasteiger partial charge in [-0.1, -0.05) is 36.4 Å². The number of allylic oxidation sites excluding steroid dienone is 2. The summed E-state index contributed by atoms with van der Waals surface area (Å²) in [4.78, 5) is 0. The number of hydrogen-bond donors (Lipinski definition) is 0. The Morgan fingerprint density at radius 2 is 1.28 bits per heavy atom. The fraction of sp³-hybridized carbons (Fsp3) is 0.533. The van der Waals surface area contributed by atoms with Gasteiger partial charge in [-0.25, -0.2) is 17.6 Å². The van der Waals surface area contributed by atoms with Crippen LogP contribution in [0.15, 0.2) is 36.4 Å². The van der Waals surface area contributed by atoms with Crippen LogP contribution in [-0.2, 0) is 16.1 Å². The van der Waals surface area contributed by atoms with E-state index in [1.807, 2.05) is 6.92 Å². The van der Waals surface area contributed by atoms with Crippen LogP contribution >= 0.6 is 0 Å². The molecule has 1 aliphatic heterocycles. The Morgan fingerprint density at radius 1 is 0.750 bits per heavy atom. The van der Waals surface area contributed by atoms with Crippen LogP contribution < -0.4 is 0 Å². The summed E-state index contributed by atoms with van der Waals surface area (Å²) in [6.45, 7) is 2.45. The molecular formula is C30H34F4O2. The normalized spacial score (nSPS) is 28.5. The Kier molecular flexibility index (Phi) is 7.82. The smallest absolute Gasteiger partial charge is 0.165 e. The summed E-state index contributed by atoms with van der Waals surface area (Å²) >= 11 is 0. The van der Waals surface area contributed by atoms with Gasteiger partial charge in [0.25, 0.3) is 0 Å². The van der Waals surface area contributed by atoms with Gasteiger partial charge >= 0.3 is 0 Å². The Bertz CT molecular complexity index is 1090. The number of ether oxygens (including phenoxy) is 2. The van der Waals surface area contributed by atoms with Gasteiger partial charge in [0.2, 0.25) is 0 Å². The summed E-state index contributed by atoms with van der Waals surface area (Å²) in [6, 6.07) is 6.68. The number of rotatable bonds is 7. The zero-order chi connectivity index (χ0) is 25.2. The van der Waals surface area contributed by atoms with E-state index in [1.54, 1.807) is 24.3 Å². The van der Waals surface area contributed by atoms with E-state index in [9.17, 15) is 17.6 Å². The Balaban J connectivity index is 1.14. The van der Waals surface area contributed by atoms with Gasteiger partial charge in [0.15, 0.2) is 23.3 Å². The minimum atomic E-state index is -0.811. The van der Waals surface area contributed by atoms with E-state index in [0.29, 0.717) is 49.3 Å². The van der Waals surface area contributed by atoms with Crippen molar-refractivity contribution in [2.75, 3.05) is 6.61 Å². The molecule has 5 rings (SSSR count). The monoisotopic (exact) mass is 502 g/mol. The molecule has 2 aromatic carbocycles. The highest BCUT2D eigenvalue weighted by Gasteiger charge is 2.32. The molecule has 0 spiro atoms. The zero-order valence-electron chi connectivity index (χ0n) is 20.8. The van der Waals surface area contributed by atoms with E-state index in [4.69, 9.17) is 9.47 Å². The summed E-state index contributed by atoms with van der Waals surface area (Å²) in [7, 11) is 0. The van der Waals surface area contributed by atoms with Crippen molar-refractivity contribution in [2.45, 2.75) is 88.9 Å². The van der Waals surface area contributed by atoms with E-state index in [1.165, 1.54) is 0 Å². The Hall–Kier alpha value is -2.18. The van der Waals surface area contributed by atoms with Crippen molar-refractivity contribution in [1.82, 2.24) is 0 Å². The van der Waals surface area contributed by atoms with E-state index < -0.39 is 23.3 Å². The van der Waals surface area contributed by atoms with E-state index in [-0.39, 0.29) is 41.8 Å². The van der Waals surface area contributed by atoms with E-state index >= 15 is 0 Å². The van der Waals surface area contributed by atoms with Gasteiger partial charge in [0, 0.05) is 11.1 Å². The second-order valence-electron chi connectivity index (χ2n) is 10.6. The van der Waals surface area contributed by atoms with Crippen molar-refractivity contribution >= 4 is 0 Å². The van der Waals surface area contributed by atoms with Crippen molar-refractivity contribution in [3.05, 3.63) is 81.9 Å². The molecule has 2 aliphatic carbocycles. The molecule has 36 heavy (non-hydrogen) atoms. The third-order valence-electron chi connectivity index (χ3n) is 8.28. The maximum atomic E-state index is 14.9. The lowest BCUT2D eigenvalue weighted by Crippen LogP contribution is -2.22. The van der Waals surface area contributed by atoms with Gasteiger partial charge in [0.1, 0.15) is 6.10 Å². The molecule has 1 saturated heterocycles. The highest BCUT2D eigenvalue weighted by Crippen LogP contribution is 2.40. The molecule has 0 aromatic heterocycles. The molecule has 1 unspecified atom stereocenters. The van der Waals surface area contributed by atoms with Gasteiger partial charge in [-0.3, -0.25) is 0 Å². The highest BCUT2D eigenvalue weighted by atomic mass is 19.2. The molecular weight excluding hydrogens is 468 g/mol.